The van der Waals surface area contributed by atoms with Crippen LogP contribution in [-0.4, -0.2) is 56.4 Å². The van der Waals surface area contributed by atoms with Crippen LogP contribution < -0.4 is 10.6 Å². The number of ether oxygens (including phenoxy) is 1. The van der Waals surface area contributed by atoms with Gasteiger partial charge in [-0.1, -0.05) is 19.3 Å². The average Bonchev–Trinajstić information content (AvgIpc) is 2.41. The summed E-state index contributed by atoms with van der Waals surface area (Å²) in [5.74, 6) is 0. The van der Waals surface area contributed by atoms with Crippen LogP contribution in [0.4, 0.5) is 4.79 Å². The van der Waals surface area contributed by atoms with Crippen LogP contribution in [-0.2, 0) is 4.74 Å². The number of nitrogens with zero attached hydrogens (tertiary/aromatic N) is 1. The molecule has 2 fully saturated rings. The number of hydrogen-bond acceptors (Lipinski definition) is 3. The number of carbonyl (C=O) groups is 1. The first kappa shape index (κ1) is 13.6. The predicted octanol–water partition coefficient (Wildman–Crippen LogP) is 0.949. The maximum absolute atomic E-state index is 12.0. The quantitative estimate of drug-likeness (QED) is 0.789. The van der Waals surface area contributed by atoms with Gasteiger partial charge in [0.15, 0.2) is 0 Å². The Balaban J connectivity index is 1.69. The van der Waals surface area contributed by atoms with Crippen LogP contribution in [0.3, 0.4) is 0 Å². The number of hydrogen-bond donors (Lipinski definition) is 2. The summed E-state index contributed by atoms with van der Waals surface area (Å²) in [6, 6.07) is 0.412. The van der Waals surface area contributed by atoms with Crippen molar-refractivity contribution in [1.29, 1.82) is 0 Å². The summed E-state index contributed by atoms with van der Waals surface area (Å²) in [6.45, 7) is 3.14. The largest absolute Gasteiger partial charge is 0.374 e. The van der Waals surface area contributed by atoms with Crippen molar-refractivity contribution >= 4 is 6.03 Å². The van der Waals surface area contributed by atoms with Gasteiger partial charge in [-0.05, 0) is 12.8 Å². The van der Waals surface area contributed by atoms with Gasteiger partial charge >= 0.3 is 6.03 Å². The Labute approximate surface area is 109 Å². The number of morpholine rings is 1. The third-order valence-electron chi connectivity index (χ3n) is 3.76. The Morgan fingerprint density at radius 1 is 1.39 bits per heavy atom. The fourth-order valence-corrected chi connectivity index (χ4v) is 2.66. The van der Waals surface area contributed by atoms with E-state index in [1.807, 2.05) is 7.05 Å². The summed E-state index contributed by atoms with van der Waals surface area (Å²) in [6.07, 6.45) is 6.17. The number of likely N-dealkylation sites (N-methyl/N-ethyl adjacent to an activating group) is 1. The van der Waals surface area contributed by atoms with Crippen LogP contribution in [0.5, 0.6) is 0 Å². The molecule has 1 heterocycles. The lowest BCUT2D eigenvalue weighted by atomic mass is 9.96. The molecule has 18 heavy (non-hydrogen) atoms. The maximum Gasteiger partial charge on any atom is 0.317 e. The van der Waals surface area contributed by atoms with Crippen LogP contribution in [0, 0.1) is 0 Å². The third-order valence-corrected chi connectivity index (χ3v) is 3.76. The lowest BCUT2D eigenvalue weighted by Gasteiger charge is -2.30. The zero-order chi connectivity index (χ0) is 12.8. The molecular weight excluding hydrogens is 230 g/mol. The van der Waals surface area contributed by atoms with E-state index in [-0.39, 0.29) is 12.1 Å². The molecule has 1 saturated carbocycles. The molecule has 2 N–H and O–H groups in total. The van der Waals surface area contributed by atoms with E-state index < -0.39 is 0 Å². The van der Waals surface area contributed by atoms with Gasteiger partial charge in [-0.15, -0.1) is 0 Å². The van der Waals surface area contributed by atoms with Crippen molar-refractivity contribution in [3.8, 4) is 0 Å². The molecule has 1 aliphatic carbocycles. The minimum absolute atomic E-state index is 0.0380. The van der Waals surface area contributed by atoms with Crippen LogP contribution >= 0.6 is 0 Å². The smallest absolute Gasteiger partial charge is 0.317 e. The molecule has 0 spiro atoms. The molecule has 5 heteroatoms. The van der Waals surface area contributed by atoms with E-state index in [0.29, 0.717) is 12.6 Å². The Hall–Kier alpha value is -0.810. The van der Waals surface area contributed by atoms with Crippen molar-refractivity contribution in [2.45, 2.75) is 44.2 Å². The van der Waals surface area contributed by atoms with Gasteiger partial charge in [0.05, 0.1) is 12.7 Å². The summed E-state index contributed by atoms with van der Waals surface area (Å²) < 4.78 is 5.60. The second kappa shape index (κ2) is 6.95. The fraction of sp³-hybridized carbons (Fsp3) is 0.923. The molecular formula is C13H25N3O2. The second-order valence-electron chi connectivity index (χ2n) is 5.36. The highest BCUT2D eigenvalue weighted by Crippen LogP contribution is 2.17. The molecule has 0 aromatic heterocycles. The zero-order valence-corrected chi connectivity index (χ0v) is 11.3. The molecule has 0 bridgehead atoms. The standard InChI is InChI=1S/C13H25N3O2/c1-16(10-12-9-14-7-8-18-12)13(17)15-11-5-3-2-4-6-11/h11-12,14H,2-10H2,1H3,(H,15,17). The normalized spacial score (nSPS) is 25.7. The number of nitrogens with one attached hydrogen (secondary N) is 2. The molecule has 2 rings (SSSR count). The first-order valence-corrected chi connectivity index (χ1v) is 7.09. The van der Waals surface area contributed by atoms with Gasteiger partial charge in [-0.2, -0.15) is 0 Å². The van der Waals surface area contributed by atoms with Gasteiger partial charge in [0, 0.05) is 32.7 Å². The molecule has 5 nitrogen and oxygen atoms in total. The van der Waals surface area contributed by atoms with Crippen LogP contribution in [0.15, 0.2) is 0 Å². The molecule has 0 aromatic carbocycles. The summed E-state index contributed by atoms with van der Waals surface area (Å²) in [7, 11) is 1.84. The minimum atomic E-state index is 0.0380. The van der Waals surface area contributed by atoms with Gasteiger partial charge in [0.2, 0.25) is 0 Å². The SMILES string of the molecule is CN(CC1CNCCO1)C(=O)NC1CCCCC1. The number of rotatable bonds is 3. The molecule has 2 amide bonds. The molecule has 0 radical (unpaired) electrons. The van der Waals surface area contributed by atoms with E-state index in [2.05, 4.69) is 10.6 Å². The van der Waals surface area contributed by atoms with Crippen LogP contribution in [0.1, 0.15) is 32.1 Å². The summed E-state index contributed by atoms with van der Waals surface area (Å²) in [5.41, 5.74) is 0. The Kier molecular flexibility index (Phi) is 5.26. The summed E-state index contributed by atoms with van der Waals surface area (Å²) >= 11 is 0. The van der Waals surface area contributed by atoms with Gasteiger partial charge in [0.1, 0.15) is 0 Å². The van der Waals surface area contributed by atoms with Crippen molar-refractivity contribution < 1.29 is 9.53 Å². The first-order chi connectivity index (χ1) is 8.75. The molecule has 1 unspecified atom stereocenters. The van der Waals surface area contributed by atoms with E-state index in [1.54, 1.807) is 4.90 Å². The maximum atomic E-state index is 12.0. The Morgan fingerprint density at radius 2 is 2.17 bits per heavy atom. The van der Waals surface area contributed by atoms with E-state index >= 15 is 0 Å². The van der Waals surface area contributed by atoms with Gasteiger partial charge in [-0.3, -0.25) is 0 Å². The molecule has 2 aliphatic rings. The fourth-order valence-electron chi connectivity index (χ4n) is 2.66. The summed E-state index contributed by atoms with van der Waals surface area (Å²) in [4.78, 5) is 13.8. The van der Waals surface area contributed by atoms with E-state index in [4.69, 9.17) is 4.74 Å². The van der Waals surface area contributed by atoms with Gasteiger partial charge < -0.3 is 20.3 Å². The second-order valence-corrected chi connectivity index (χ2v) is 5.36. The highest BCUT2D eigenvalue weighted by Gasteiger charge is 2.21. The van der Waals surface area contributed by atoms with E-state index in [0.717, 1.165) is 32.5 Å². The minimum Gasteiger partial charge on any atom is -0.374 e. The van der Waals surface area contributed by atoms with Crippen molar-refractivity contribution in [1.82, 2.24) is 15.5 Å². The van der Waals surface area contributed by atoms with Crippen molar-refractivity contribution in [3.63, 3.8) is 0 Å². The summed E-state index contributed by atoms with van der Waals surface area (Å²) in [5, 5.41) is 6.40. The van der Waals surface area contributed by atoms with E-state index in [1.165, 1.54) is 19.3 Å². The monoisotopic (exact) mass is 255 g/mol. The molecule has 1 saturated heterocycles. The molecule has 104 valence electrons. The number of urea groups is 1. The number of amides is 2. The predicted molar refractivity (Wildman–Crippen MR) is 70.6 cm³/mol. The van der Waals surface area contributed by atoms with E-state index in [9.17, 15) is 4.79 Å². The third kappa shape index (κ3) is 4.14. The van der Waals surface area contributed by atoms with Crippen LogP contribution in [0.2, 0.25) is 0 Å². The topological polar surface area (TPSA) is 53.6 Å². The lowest BCUT2D eigenvalue weighted by molar-refractivity contribution is 0.0153. The zero-order valence-electron chi connectivity index (χ0n) is 11.3. The van der Waals surface area contributed by atoms with Gasteiger partial charge in [-0.25, -0.2) is 4.79 Å². The first-order valence-electron chi connectivity index (χ1n) is 7.09. The van der Waals surface area contributed by atoms with Crippen molar-refractivity contribution in [2.24, 2.45) is 0 Å². The van der Waals surface area contributed by atoms with Crippen LogP contribution in [0.25, 0.3) is 0 Å². The molecule has 1 atom stereocenters. The number of carbonyl (C=O) groups excluding carboxylic acids is 1. The van der Waals surface area contributed by atoms with Crippen molar-refractivity contribution in [3.05, 3.63) is 0 Å². The highest BCUT2D eigenvalue weighted by molar-refractivity contribution is 5.74. The Morgan fingerprint density at radius 3 is 2.83 bits per heavy atom. The highest BCUT2D eigenvalue weighted by atomic mass is 16.5. The average molecular weight is 255 g/mol. The lowest BCUT2D eigenvalue weighted by Crippen LogP contribution is -2.50. The molecule has 0 aromatic rings. The van der Waals surface area contributed by atoms with Gasteiger partial charge in [0.25, 0.3) is 0 Å². The molecule has 1 aliphatic heterocycles. The Bertz CT molecular complexity index is 261. The van der Waals surface area contributed by atoms with Crippen molar-refractivity contribution in [2.75, 3.05) is 33.3 Å².